The molecule has 0 saturated carbocycles. The second-order valence-electron chi connectivity index (χ2n) is 8.74. The zero-order valence-corrected chi connectivity index (χ0v) is 20.0. The van der Waals surface area contributed by atoms with Gasteiger partial charge in [-0.15, -0.1) is 0 Å². The van der Waals surface area contributed by atoms with Gasteiger partial charge in [0.1, 0.15) is 30.4 Å². The molecule has 1 aliphatic heterocycles. The number of dihydropyridines is 1. The van der Waals surface area contributed by atoms with E-state index in [1.54, 1.807) is 0 Å². The number of nitrogens with one attached hydrogen (secondary N) is 3. The lowest BCUT2D eigenvalue weighted by Gasteiger charge is -2.23. The topological polar surface area (TPSA) is 142 Å². The highest BCUT2D eigenvalue weighted by atomic mass is 19.4. The number of alkyl halides is 3. The van der Waals surface area contributed by atoms with Crippen LogP contribution in [0.1, 0.15) is 48.7 Å². The normalized spacial score (nSPS) is 15.9. The van der Waals surface area contributed by atoms with Crippen molar-refractivity contribution in [3.8, 4) is 0 Å². The number of nitrogen functional groups attached to an aromatic ring is 1. The first kappa shape index (κ1) is 25.8. The van der Waals surface area contributed by atoms with Crippen molar-refractivity contribution in [3.05, 3.63) is 58.4 Å². The molecule has 5 N–H and O–H groups in total. The van der Waals surface area contributed by atoms with Gasteiger partial charge in [-0.25, -0.2) is 14.4 Å². The lowest BCUT2D eigenvalue weighted by atomic mass is 10.00. The van der Waals surface area contributed by atoms with E-state index in [1.165, 1.54) is 25.4 Å². The van der Waals surface area contributed by atoms with Crippen LogP contribution in [0, 0.1) is 11.2 Å². The van der Waals surface area contributed by atoms with Crippen molar-refractivity contribution in [1.82, 2.24) is 15.3 Å². The molecule has 0 radical (unpaired) electrons. The van der Waals surface area contributed by atoms with Gasteiger partial charge >= 0.3 is 6.18 Å². The van der Waals surface area contributed by atoms with Gasteiger partial charge in [0.25, 0.3) is 5.91 Å². The van der Waals surface area contributed by atoms with Gasteiger partial charge in [0.15, 0.2) is 11.4 Å². The average molecular weight is 517 g/mol. The van der Waals surface area contributed by atoms with E-state index in [9.17, 15) is 18.0 Å². The molecule has 0 saturated heterocycles. The Morgan fingerprint density at radius 1 is 1.24 bits per heavy atom. The lowest BCUT2D eigenvalue weighted by Crippen LogP contribution is -2.37. The highest BCUT2D eigenvalue weighted by molar-refractivity contribution is 6.18. The van der Waals surface area contributed by atoms with Crippen LogP contribution in [0.3, 0.4) is 0 Å². The number of furan rings is 1. The standard InChI is InChI=1S/C24H23F4N7O2/c1-10(2)34-22-17(21(30)32-9-33-22)19(29)13-5-4-12-14(8-37-20(12)18(13)25)23(36)35-16-6-15(24(26,27)28)11(3)7-31-16/h4-5,7-10,16,29H,6H2,1-3H3,(H,35,36)(H3,30,32,33,34). The first-order chi connectivity index (χ1) is 17.4. The largest absolute Gasteiger partial charge is 0.460 e. The molecule has 2 aromatic heterocycles. The summed E-state index contributed by atoms with van der Waals surface area (Å²) >= 11 is 0. The van der Waals surface area contributed by atoms with Gasteiger partial charge < -0.3 is 20.8 Å². The number of hydrogen-bond donors (Lipinski definition) is 4. The third-order valence-electron chi connectivity index (χ3n) is 5.71. The molecule has 1 amide bonds. The number of carbonyl (C=O) groups is 1. The molecule has 194 valence electrons. The molecule has 0 aliphatic carbocycles. The third kappa shape index (κ3) is 5.01. The predicted molar refractivity (Wildman–Crippen MR) is 130 cm³/mol. The Labute approximate surface area is 208 Å². The van der Waals surface area contributed by atoms with Crippen LogP contribution in [0.15, 0.2) is 45.3 Å². The molecule has 3 aromatic rings. The Bertz CT molecular complexity index is 1460. The van der Waals surface area contributed by atoms with Gasteiger partial charge in [-0.05, 0) is 38.5 Å². The molecule has 0 spiro atoms. The minimum Gasteiger partial charge on any atom is -0.460 e. The maximum absolute atomic E-state index is 15.5. The molecule has 4 rings (SSSR count). The summed E-state index contributed by atoms with van der Waals surface area (Å²) in [5.74, 6) is -1.48. The first-order valence-corrected chi connectivity index (χ1v) is 11.2. The molecule has 3 heterocycles. The maximum atomic E-state index is 15.5. The predicted octanol–water partition coefficient (Wildman–Crippen LogP) is 4.59. The number of carbonyl (C=O) groups excluding carboxylic acids is 1. The van der Waals surface area contributed by atoms with E-state index in [0.717, 1.165) is 12.5 Å². The smallest absolute Gasteiger partial charge is 0.413 e. The highest BCUT2D eigenvalue weighted by Crippen LogP contribution is 2.34. The zero-order valence-electron chi connectivity index (χ0n) is 20.0. The fourth-order valence-electron chi connectivity index (χ4n) is 3.94. The highest BCUT2D eigenvalue weighted by Gasteiger charge is 2.38. The molecule has 13 heteroatoms. The molecular weight excluding hydrogens is 494 g/mol. The molecule has 1 atom stereocenters. The first-order valence-electron chi connectivity index (χ1n) is 11.2. The van der Waals surface area contributed by atoms with E-state index in [-0.39, 0.29) is 56.6 Å². The maximum Gasteiger partial charge on any atom is 0.413 e. The number of benzene rings is 1. The van der Waals surface area contributed by atoms with Crippen LogP contribution in [-0.2, 0) is 0 Å². The third-order valence-corrected chi connectivity index (χ3v) is 5.71. The van der Waals surface area contributed by atoms with E-state index in [1.807, 2.05) is 13.8 Å². The van der Waals surface area contributed by atoms with E-state index < -0.39 is 36.1 Å². The van der Waals surface area contributed by atoms with Gasteiger partial charge in [0.2, 0.25) is 0 Å². The number of nitrogens with two attached hydrogens (primary N) is 1. The number of halogens is 4. The van der Waals surface area contributed by atoms with E-state index in [0.29, 0.717) is 0 Å². The van der Waals surface area contributed by atoms with Crippen LogP contribution in [0.5, 0.6) is 0 Å². The van der Waals surface area contributed by atoms with Crippen molar-refractivity contribution < 1.29 is 26.8 Å². The van der Waals surface area contributed by atoms with E-state index >= 15 is 4.39 Å². The SMILES string of the molecule is CC1=C(C(F)(F)F)CC(NC(=O)c2coc3c(F)c(C(=N)c4c(N)ncnc4NC(C)C)ccc23)N=C1. The Hall–Kier alpha value is -4.29. The van der Waals surface area contributed by atoms with Gasteiger partial charge in [-0.3, -0.25) is 15.2 Å². The van der Waals surface area contributed by atoms with Crippen LogP contribution in [0.2, 0.25) is 0 Å². The number of rotatable bonds is 6. The van der Waals surface area contributed by atoms with Gasteiger partial charge in [0, 0.05) is 35.2 Å². The Kier molecular flexibility index (Phi) is 6.72. The van der Waals surface area contributed by atoms with Crippen molar-refractivity contribution in [2.45, 2.75) is 45.6 Å². The molecule has 37 heavy (non-hydrogen) atoms. The van der Waals surface area contributed by atoms with Crippen molar-refractivity contribution in [2.75, 3.05) is 11.1 Å². The summed E-state index contributed by atoms with van der Waals surface area (Å²) < 4.78 is 60.5. The minimum absolute atomic E-state index is 0.0278. The van der Waals surface area contributed by atoms with Crippen molar-refractivity contribution in [2.24, 2.45) is 4.99 Å². The number of aromatic nitrogens is 2. The molecule has 0 bridgehead atoms. The van der Waals surface area contributed by atoms with Crippen LogP contribution in [-0.4, -0.2) is 46.2 Å². The fourth-order valence-corrected chi connectivity index (χ4v) is 3.94. The quantitative estimate of drug-likeness (QED) is 0.278. The van der Waals surface area contributed by atoms with Crippen LogP contribution in [0.4, 0.5) is 29.2 Å². The van der Waals surface area contributed by atoms with Gasteiger partial charge in [0.05, 0.1) is 16.8 Å². The summed E-state index contributed by atoms with van der Waals surface area (Å²) in [6.07, 6.45) is -2.95. The number of hydrogen-bond acceptors (Lipinski definition) is 8. The summed E-state index contributed by atoms with van der Waals surface area (Å²) in [6, 6.07) is 2.61. The second kappa shape index (κ2) is 9.64. The fraction of sp³-hybridized carbons (Fsp3) is 0.292. The summed E-state index contributed by atoms with van der Waals surface area (Å²) in [4.78, 5) is 24.8. The van der Waals surface area contributed by atoms with Crippen molar-refractivity contribution in [3.63, 3.8) is 0 Å². The van der Waals surface area contributed by atoms with E-state index in [2.05, 4.69) is 25.6 Å². The van der Waals surface area contributed by atoms with E-state index in [4.69, 9.17) is 15.6 Å². The Balaban J connectivity index is 1.62. The summed E-state index contributed by atoms with van der Waals surface area (Å²) in [5.41, 5.74) is 4.37. The summed E-state index contributed by atoms with van der Waals surface area (Å²) in [6.45, 7) is 5.00. The second-order valence-corrected chi connectivity index (χ2v) is 8.74. The van der Waals surface area contributed by atoms with Gasteiger partial charge in [-0.2, -0.15) is 13.2 Å². The Morgan fingerprint density at radius 2 is 1.97 bits per heavy atom. The number of fused-ring (bicyclic) bond motifs is 1. The Morgan fingerprint density at radius 3 is 2.65 bits per heavy atom. The number of anilines is 2. The molecule has 1 unspecified atom stereocenters. The van der Waals surface area contributed by atoms with Crippen LogP contribution < -0.4 is 16.4 Å². The van der Waals surface area contributed by atoms with Crippen molar-refractivity contribution in [1.29, 1.82) is 5.41 Å². The molecule has 9 nitrogen and oxygen atoms in total. The minimum atomic E-state index is -4.55. The number of amides is 1. The average Bonchev–Trinajstić information content (AvgIpc) is 3.24. The number of aliphatic imine (C=N–C) groups is 1. The lowest BCUT2D eigenvalue weighted by molar-refractivity contribution is -0.0954. The van der Waals surface area contributed by atoms with Gasteiger partial charge in [-0.1, -0.05) is 0 Å². The molecule has 1 aromatic carbocycles. The molecule has 1 aliphatic rings. The molecule has 0 fully saturated rings. The van der Waals surface area contributed by atoms with Crippen LogP contribution >= 0.6 is 0 Å². The van der Waals surface area contributed by atoms with Crippen LogP contribution in [0.25, 0.3) is 11.0 Å². The molecular formula is C24H23F4N7O2. The summed E-state index contributed by atoms with van der Waals surface area (Å²) in [7, 11) is 0. The zero-order chi connectivity index (χ0) is 27.1. The number of allylic oxidation sites excluding steroid dienone is 1. The monoisotopic (exact) mass is 517 g/mol. The van der Waals surface area contributed by atoms with Crippen molar-refractivity contribution >= 4 is 40.4 Å². The summed E-state index contributed by atoms with van der Waals surface area (Å²) in [5, 5.41) is 14.1. The number of nitrogens with zero attached hydrogens (tertiary/aromatic N) is 3.